The van der Waals surface area contributed by atoms with Gasteiger partial charge in [0, 0.05) is 24.5 Å². The van der Waals surface area contributed by atoms with Crippen LogP contribution < -0.4 is 10.6 Å². The molecule has 31 heavy (non-hydrogen) atoms. The standard InChI is InChI=1S/C22H24F3N5O/c1-14(2)19(13-31)29-20-17(22(23,24)25)12-28-21(30-20)27-11-15-6-8-16(9-7-15)18-5-3-4-10-26-18/h3-10,12,14,19,31H,11,13H2,1-2H3,(H2,27,28,29,30)/t19-/m0/s1. The van der Waals surface area contributed by atoms with E-state index in [4.69, 9.17) is 0 Å². The van der Waals surface area contributed by atoms with Crippen molar-refractivity contribution in [3.05, 3.63) is 66.0 Å². The number of benzene rings is 1. The Hall–Kier alpha value is -3.20. The Balaban J connectivity index is 1.74. The van der Waals surface area contributed by atoms with Gasteiger partial charge in [0.2, 0.25) is 5.95 Å². The molecule has 0 saturated carbocycles. The first-order valence-electron chi connectivity index (χ1n) is 9.83. The smallest absolute Gasteiger partial charge is 0.394 e. The van der Waals surface area contributed by atoms with E-state index in [2.05, 4.69) is 25.6 Å². The van der Waals surface area contributed by atoms with Crippen LogP contribution in [0.4, 0.5) is 24.9 Å². The third-order valence-corrected chi connectivity index (χ3v) is 4.78. The highest BCUT2D eigenvalue weighted by Crippen LogP contribution is 2.34. The van der Waals surface area contributed by atoms with E-state index in [0.717, 1.165) is 23.0 Å². The fraction of sp³-hybridized carbons (Fsp3) is 0.318. The summed E-state index contributed by atoms with van der Waals surface area (Å²) >= 11 is 0. The first-order chi connectivity index (χ1) is 14.8. The zero-order chi connectivity index (χ0) is 22.4. The Morgan fingerprint density at radius 2 is 1.77 bits per heavy atom. The molecule has 6 nitrogen and oxygen atoms in total. The second kappa shape index (κ2) is 9.74. The van der Waals surface area contributed by atoms with E-state index in [1.165, 1.54) is 0 Å². The number of halogens is 3. The number of aliphatic hydroxyl groups is 1. The number of aromatic nitrogens is 3. The molecule has 0 unspecified atom stereocenters. The molecule has 0 saturated heterocycles. The lowest BCUT2D eigenvalue weighted by Gasteiger charge is -2.23. The molecule has 9 heteroatoms. The van der Waals surface area contributed by atoms with Crippen molar-refractivity contribution in [1.82, 2.24) is 15.0 Å². The number of aliphatic hydroxyl groups excluding tert-OH is 1. The van der Waals surface area contributed by atoms with Crippen LogP contribution in [0.1, 0.15) is 25.0 Å². The third kappa shape index (κ3) is 5.91. The predicted octanol–water partition coefficient (Wildman–Crippen LogP) is 4.60. The normalized spacial score (nSPS) is 12.6. The van der Waals surface area contributed by atoms with Crippen molar-refractivity contribution >= 4 is 11.8 Å². The van der Waals surface area contributed by atoms with Gasteiger partial charge in [0.15, 0.2) is 0 Å². The van der Waals surface area contributed by atoms with Crippen LogP contribution >= 0.6 is 0 Å². The fourth-order valence-corrected chi connectivity index (χ4v) is 2.89. The lowest BCUT2D eigenvalue weighted by molar-refractivity contribution is -0.137. The van der Waals surface area contributed by atoms with Crippen molar-refractivity contribution in [1.29, 1.82) is 0 Å². The number of rotatable bonds is 8. The maximum absolute atomic E-state index is 13.4. The Labute approximate surface area is 178 Å². The number of pyridine rings is 1. The Morgan fingerprint density at radius 3 is 2.35 bits per heavy atom. The number of hydrogen-bond acceptors (Lipinski definition) is 6. The van der Waals surface area contributed by atoms with E-state index in [1.54, 1.807) is 20.0 Å². The molecule has 3 N–H and O–H groups in total. The molecule has 0 aliphatic heterocycles. The van der Waals surface area contributed by atoms with Gasteiger partial charge in [0.05, 0.1) is 18.3 Å². The molecular weight excluding hydrogens is 407 g/mol. The Kier molecular flexibility index (Phi) is 7.06. The monoisotopic (exact) mass is 431 g/mol. The first kappa shape index (κ1) is 22.5. The molecule has 0 bridgehead atoms. The number of alkyl halides is 3. The number of anilines is 2. The van der Waals surface area contributed by atoms with Crippen LogP contribution in [0.2, 0.25) is 0 Å². The molecule has 2 heterocycles. The first-order valence-corrected chi connectivity index (χ1v) is 9.83. The molecular formula is C22H24F3N5O. The largest absolute Gasteiger partial charge is 0.421 e. The molecule has 2 aromatic heterocycles. The highest BCUT2D eigenvalue weighted by atomic mass is 19.4. The topological polar surface area (TPSA) is 83.0 Å². The Bertz CT molecular complexity index is 979. The summed E-state index contributed by atoms with van der Waals surface area (Å²) in [4.78, 5) is 12.1. The van der Waals surface area contributed by atoms with Gasteiger partial charge in [0.25, 0.3) is 0 Å². The van der Waals surface area contributed by atoms with E-state index in [0.29, 0.717) is 6.54 Å². The highest BCUT2D eigenvalue weighted by molar-refractivity contribution is 5.59. The molecule has 3 rings (SSSR count). The molecule has 1 aromatic carbocycles. The average Bonchev–Trinajstić information content (AvgIpc) is 2.76. The number of nitrogens with one attached hydrogen (secondary N) is 2. The zero-order valence-corrected chi connectivity index (χ0v) is 17.2. The number of nitrogens with zero attached hydrogens (tertiary/aromatic N) is 3. The van der Waals surface area contributed by atoms with Crippen molar-refractivity contribution in [2.24, 2.45) is 5.92 Å². The van der Waals surface area contributed by atoms with E-state index in [1.807, 2.05) is 42.5 Å². The van der Waals surface area contributed by atoms with Crippen molar-refractivity contribution in [2.45, 2.75) is 32.6 Å². The van der Waals surface area contributed by atoms with Gasteiger partial charge in [-0.05, 0) is 23.6 Å². The quantitative estimate of drug-likeness (QED) is 0.484. The van der Waals surface area contributed by atoms with Crippen LogP contribution in [-0.4, -0.2) is 32.7 Å². The van der Waals surface area contributed by atoms with Crippen LogP contribution in [0.15, 0.2) is 54.9 Å². The summed E-state index contributed by atoms with van der Waals surface area (Å²) in [5.74, 6) is -0.386. The van der Waals surface area contributed by atoms with Crippen molar-refractivity contribution in [2.75, 3.05) is 17.2 Å². The van der Waals surface area contributed by atoms with Gasteiger partial charge in [0.1, 0.15) is 11.4 Å². The molecule has 0 spiro atoms. The van der Waals surface area contributed by atoms with Crippen LogP contribution in [0, 0.1) is 5.92 Å². The minimum atomic E-state index is -4.61. The number of hydrogen-bond donors (Lipinski definition) is 3. The van der Waals surface area contributed by atoms with E-state index < -0.39 is 17.8 Å². The summed E-state index contributed by atoms with van der Waals surface area (Å²) in [7, 11) is 0. The minimum Gasteiger partial charge on any atom is -0.394 e. The maximum atomic E-state index is 13.4. The van der Waals surface area contributed by atoms with Crippen LogP contribution in [0.25, 0.3) is 11.3 Å². The Morgan fingerprint density at radius 1 is 1.03 bits per heavy atom. The van der Waals surface area contributed by atoms with Gasteiger partial charge in [-0.1, -0.05) is 44.2 Å². The van der Waals surface area contributed by atoms with Gasteiger partial charge >= 0.3 is 6.18 Å². The van der Waals surface area contributed by atoms with Gasteiger partial charge < -0.3 is 15.7 Å². The summed E-state index contributed by atoms with van der Waals surface area (Å²) in [5, 5.41) is 15.1. The summed E-state index contributed by atoms with van der Waals surface area (Å²) in [5.41, 5.74) is 1.75. The third-order valence-electron chi connectivity index (χ3n) is 4.78. The van der Waals surface area contributed by atoms with Crippen molar-refractivity contribution in [3.63, 3.8) is 0 Å². The molecule has 0 fully saturated rings. The lowest BCUT2D eigenvalue weighted by Crippen LogP contribution is -2.31. The molecule has 1 atom stereocenters. The summed E-state index contributed by atoms with van der Waals surface area (Å²) < 4.78 is 40.1. The lowest BCUT2D eigenvalue weighted by atomic mass is 10.1. The molecule has 0 radical (unpaired) electrons. The maximum Gasteiger partial charge on any atom is 0.421 e. The van der Waals surface area contributed by atoms with Crippen LogP contribution in [-0.2, 0) is 12.7 Å². The minimum absolute atomic E-state index is 0.0600. The van der Waals surface area contributed by atoms with Gasteiger partial charge in [-0.15, -0.1) is 0 Å². The molecule has 0 aliphatic rings. The highest BCUT2D eigenvalue weighted by Gasteiger charge is 2.36. The van der Waals surface area contributed by atoms with Gasteiger partial charge in [-0.2, -0.15) is 18.2 Å². The summed E-state index contributed by atoms with van der Waals surface area (Å²) in [6.45, 7) is 3.62. The molecule has 3 aromatic rings. The summed E-state index contributed by atoms with van der Waals surface area (Å²) in [6, 6.07) is 12.8. The van der Waals surface area contributed by atoms with Crippen LogP contribution in [0.3, 0.4) is 0 Å². The molecule has 164 valence electrons. The average molecular weight is 431 g/mol. The second-order valence-electron chi connectivity index (χ2n) is 7.40. The SMILES string of the molecule is CC(C)[C@H](CO)Nc1nc(NCc2ccc(-c3ccccn3)cc2)ncc1C(F)(F)F. The predicted molar refractivity (Wildman–Crippen MR) is 113 cm³/mol. The van der Waals surface area contributed by atoms with E-state index >= 15 is 0 Å². The van der Waals surface area contributed by atoms with Crippen LogP contribution in [0.5, 0.6) is 0 Å². The summed E-state index contributed by atoms with van der Waals surface area (Å²) in [6.07, 6.45) is -2.14. The van der Waals surface area contributed by atoms with Crippen molar-refractivity contribution in [3.8, 4) is 11.3 Å². The van der Waals surface area contributed by atoms with Crippen molar-refractivity contribution < 1.29 is 18.3 Å². The van der Waals surface area contributed by atoms with Gasteiger partial charge in [-0.25, -0.2) is 4.98 Å². The van der Waals surface area contributed by atoms with Gasteiger partial charge in [-0.3, -0.25) is 4.98 Å². The molecule has 0 amide bonds. The van der Waals surface area contributed by atoms with E-state index in [-0.39, 0.29) is 24.3 Å². The zero-order valence-electron chi connectivity index (χ0n) is 17.2. The fourth-order valence-electron chi connectivity index (χ4n) is 2.89. The van der Waals surface area contributed by atoms with E-state index in [9.17, 15) is 18.3 Å². The second-order valence-corrected chi connectivity index (χ2v) is 7.40. The molecule has 0 aliphatic carbocycles.